The summed E-state index contributed by atoms with van der Waals surface area (Å²) in [6.07, 6.45) is 0.710. The number of carbonyl (C=O) groups excluding carboxylic acids is 1. The largest absolute Gasteiger partial charge is 0.462 e. The van der Waals surface area contributed by atoms with Gasteiger partial charge in [0.1, 0.15) is 0 Å². The van der Waals surface area contributed by atoms with Gasteiger partial charge < -0.3 is 15.0 Å². The van der Waals surface area contributed by atoms with Crippen LogP contribution in [0.3, 0.4) is 0 Å². The van der Waals surface area contributed by atoms with Gasteiger partial charge in [0.05, 0.1) is 23.2 Å². The zero-order valence-electron chi connectivity index (χ0n) is 10.9. The van der Waals surface area contributed by atoms with Crippen molar-refractivity contribution >= 4 is 23.0 Å². The molecule has 0 saturated carbocycles. The number of nitrogen functional groups attached to an aromatic ring is 1. The standard InChI is InChI=1S/C13H17N3O2/c1-4-8-9(12(17)18-5-2)6-7-10-11(8)15-13(14)16(10)3/h6-7H,4-5H2,1-3H3,(H2,14,15). The molecule has 1 aromatic carbocycles. The maximum atomic E-state index is 11.9. The Morgan fingerprint density at radius 1 is 1.44 bits per heavy atom. The Bertz CT molecular complexity index is 602. The third kappa shape index (κ3) is 1.81. The quantitative estimate of drug-likeness (QED) is 0.841. The Balaban J connectivity index is 2.66. The number of anilines is 1. The molecule has 2 N–H and O–H groups in total. The van der Waals surface area contributed by atoms with Crippen molar-refractivity contribution in [2.75, 3.05) is 12.3 Å². The van der Waals surface area contributed by atoms with Gasteiger partial charge in [0, 0.05) is 7.05 Å². The number of rotatable bonds is 3. The van der Waals surface area contributed by atoms with E-state index in [9.17, 15) is 4.79 Å². The molecule has 18 heavy (non-hydrogen) atoms. The molecule has 5 nitrogen and oxygen atoms in total. The van der Waals surface area contributed by atoms with E-state index in [0.29, 0.717) is 24.5 Å². The molecule has 0 unspecified atom stereocenters. The molecule has 0 amide bonds. The van der Waals surface area contributed by atoms with Crippen molar-refractivity contribution in [3.05, 3.63) is 23.3 Å². The fourth-order valence-electron chi connectivity index (χ4n) is 2.09. The fourth-order valence-corrected chi connectivity index (χ4v) is 2.09. The Labute approximate surface area is 106 Å². The number of esters is 1. The molecule has 0 aliphatic heterocycles. The van der Waals surface area contributed by atoms with Crippen molar-refractivity contribution in [2.45, 2.75) is 20.3 Å². The molecule has 0 aliphatic rings. The van der Waals surface area contributed by atoms with E-state index in [1.165, 1.54) is 0 Å². The van der Waals surface area contributed by atoms with E-state index in [-0.39, 0.29) is 5.97 Å². The summed E-state index contributed by atoms with van der Waals surface area (Å²) in [5.74, 6) is 0.140. The Kier molecular flexibility index (Phi) is 3.23. The first-order valence-electron chi connectivity index (χ1n) is 6.01. The second-order valence-electron chi connectivity index (χ2n) is 4.06. The van der Waals surface area contributed by atoms with Crippen molar-refractivity contribution < 1.29 is 9.53 Å². The van der Waals surface area contributed by atoms with Crippen LogP contribution in [0.1, 0.15) is 29.8 Å². The van der Waals surface area contributed by atoms with Crippen LogP contribution in [-0.2, 0) is 18.2 Å². The van der Waals surface area contributed by atoms with Gasteiger partial charge in [0.2, 0.25) is 5.95 Å². The number of nitrogens with two attached hydrogens (primary N) is 1. The molecule has 0 radical (unpaired) electrons. The fraction of sp³-hybridized carbons (Fsp3) is 0.385. The van der Waals surface area contributed by atoms with E-state index in [1.54, 1.807) is 13.0 Å². The van der Waals surface area contributed by atoms with E-state index < -0.39 is 0 Å². The molecule has 2 aromatic rings. The summed E-state index contributed by atoms with van der Waals surface area (Å²) >= 11 is 0. The van der Waals surface area contributed by atoms with E-state index in [4.69, 9.17) is 10.5 Å². The lowest BCUT2D eigenvalue weighted by molar-refractivity contribution is 0.0525. The number of aryl methyl sites for hydroxylation is 2. The van der Waals surface area contributed by atoms with Crippen LogP contribution in [0.4, 0.5) is 5.95 Å². The molecular formula is C13H17N3O2. The highest BCUT2D eigenvalue weighted by atomic mass is 16.5. The number of nitrogens with zero attached hydrogens (tertiary/aromatic N) is 2. The third-order valence-corrected chi connectivity index (χ3v) is 3.04. The number of benzene rings is 1. The van der Waals surface area contributed by atoms with Crippen LogP contribution in [0.15, 0.2) is 12.1 Å². The van der Waals surface area contributed by atoms with Gasteiger partial charge in [0.25, 0.3) is 0 Å². The number of aromatic nitrogens is 2. The van der Waals surface area contributed by atoms with Crippen LogP contribution in [0.5, 0.6) is 0 Å². The summed E-state index contributed by atoms with van der Waals surface area (Å²) in [6, 6.07) is 3.63. The highest BCUT2D eigenvalue weighted by Crippen LogP contribution is 2.24. The molecule has 0 saturated heterocycles. The summed E-state index contributed by atoms with van der Waals surface area (Å²) in [6.45, 7) is 4.15. The molecule has 5 heteroatoms. The van der Waals surface area contributed by atoms with Gasteiger partial charge in [0.15, 0.2) is 0 Å². The van der Waals surface area contributed by atoms with Crippen molar-refractivity contribution in [1.82, 2.24) is 9.55 Å². The minimum atomic E-state index is -0.305. The molecule has 1 aromatic heterocycles. The van der Waals surface area contributed by atoms with Crippen molar-refractivity contribution in [1.29, 1.82) is 0 Å². The summed E-state index contributed by atoms with van der Waals surface area (Å²) < 4.78 is 6.86. The second kappa shape index (κ2) is 4.68. The zero-order valence-corrected chi connectivity index (χ0v) is 10.9. The van der Waals surface area contributed by atoms with E-state index in [2.05, 4.69) is 4.98 Å². The first kappa shape index (κ1) is 12.4. The molecule has 2 rings (SSSR count). The minimum absolute atomic E-state index is 0.305. The maximum Gasteiger partial charge on any atom is 0.338 e. The highest BCUT2D eigenvalue weighted by molar-refractivity contribution is 5.97. The lowest BCUT2D eigenvalue weighted by Crippen LogP contribution is -2.08. The Morgan fingerprint density at radius 3 is 2.78 bits per heavy atom. The average Bonchev–Trinajstić information content (AvgIpc) is 2.64. The molecule has 96 valence electrons. The highest BCUT2D eigenvalue weighted by Gasteiger charge is 2.17. The summed E-state index contributed by atoms with van der Waals surface area (Å²) in [4.78, 5) is 16.2. The second-order valence-corrected chi connectivity index (χ2v) is 4.06. The third-order valence-electron chi connectivity index (χ3n) is 3.04. The van der Waals surface area contributed by atoms with Crippen molar-refractivity contribution in [3.63, 3.8) is 0 Å². The monoisotopic (exact) mass is 247 g/mol. The molecule has 0 spiro atoms. The summed E-state index contributed by atoms with van der Waals surface area (Å²) in [7, 11) is 1.86. The van der Waals surface area contributed by atoms with Gasteiger partial charge in [-0.3, -0.25) is 0 Å². The van der Waals surface area contributed by atoms with Gasteiger partial charge in [-0.05, 0) is 31.0 Å². The maximum absolute atomic E-state index is 11.9. The first-order valence-corrected chi connectivity index (χ1v) is 6.01. The van der Waals surface area contributed by atoms with Crippen LogP contribution in [-0.4, -0.2) is 22.1 Å². The lowest BCUT2D eigenvalue weighted by atomic mass is 10.0. The normalized spacial score (nSPS) is 10.8. The van der Waals surface area contributed by atoms with Crippen molar-refractivity contribution in [3.8, 4) is 0 Å². The first-order chi connectivity index (χ1) is 8.60. The van der Waals surface area contributed by atoms with E-state index in [1.807, 2.05) is 24.6 Å². The number of hydrogen-bond acceptors (Lipinski definition) is 4. The van der Waals surface area contributed by atoms with Crippen LogP contribution >= 0.6 is 0 Å². The van der Waals surface area contributed by atoms with E-state index in [0.717, 1.165) is 16.6 Å². The summed E-state index contributed by atoms with van der Waals surface area (Å²) in [5.41, 5.74) is 8.97. The zero-order chi connectivity index (χ0) is 13.3. The minimum Gasteiger partial charge on any atom is -0.462 e. The molecule has 0 aliphatic carbocycles. The number of hydrogen-bond donors (Lipinski definition) is 1. The number of imidazole rings is 1. The van der Waals surface area contributed by atoms with Crippen LogP contribution < -0.4 is 5.73 Å². The average molecular weight is 247 g/mol. The number of ether oxygens (including phenoxy) is 1. The van der Waals surface area contributed by atoms with E-state index >= 15 is 0 Å². The number of fused-ring (bicyclic) bond motifs is 1. The number of carbonyl (C=O) groups is 1. The Hall–Kier alpha value is -2.04. The van der Waals surface area contributed by atoms with Gasteiger partial charge >= 0.3 is 5.97 Å². The van der Waals surface area contributed by atoms with Crippen molar-refractivity contribution in [2.24, 2.45) is 7.05 Å². The predicted octanol–water partition coefficient (Wildman–Crippen LogP) is 1.89. The van der Waals surface area contributed by atoms with Crippen LogP contribution in [0.2, 0.25) is 0 Å². The SMILES string of the molecule is CCOC(=O)c1ccc2c(nc(N)n2C)c1CC. The smallest absolute Gasteiger partial charge is 0.338 e. The van der Waals surface area contributed by atoms with Gasteiger partial charge in [-0.25, -0.2) is 9.78 Å². The molecule has 1 heterocycles. The molecular weight excluding hydrogens is 230 g/mol. The molecule has 0 fully saturated rings. The molecule has 0 bridgehead atoms. The van der Waals surface area contributed by atoms with Gasteiger partial charge in [-0.15, -0.1) is 0 Å². The topological polar surface area (TPSA) is 70.1 Å². The summed E-state index contributed by atoms with van der Waals surface area (Å²) in [5, 5.41) is 0. The molecule has 0 atom stereocenters. The van der Waals surface area contributed by atoms with Crippen LogP contribution in [0.25, 0.3) is 11.0 Å². The predicted molar refractivity (Wildman–Crippen MR) is 70.5 cm³/mol. The van der Waals surface area contributed by atoms with Gasteiger partial charge in [-0.1, -0.05) is 6.92 Å². The Morgan fingerprint density at radius 2 is 2.17 bits per heavy atom. The van der Waals surface area contributed by atoms with Gasteiger partial charge in [-0.2, -0.15) is 0 Å². The lowest BCUT2D eigenvalue weighted by Gasteiger charge is -2.08. The van der Waals surface area contributed by atoms with Crippen LogP contribution in [0, 0.1) is 0 Å².